The van der Waals surface area contributed by atoms with Gasteiger partial charge in [0.15, 0.2) is 0 Å². The molecule has 128 valence electrons. The number of carbonyl (C=O) groups excluding carboxylic acids is 4. The van der Waals surface area contributed by atoms with Crippen LogP contribution in [0.2, 0.25) is 5.02 Å². The average molecular weight is 378 g/mol. The number of hydrogen-bond donors (Lipinski definition) is 1. The summed E-state index contributed by atoms with van der Waals surface area (Å²) in [5.74, 6) is -2.55. The molecule has 1 aromatic carbocycles. The topological polar surface area (TPSA) is 86.8 Å². The Hall–Kier alpha value is -2.71. The van der Waals surface area contributed by atoms with E-state index in [2.05, 4.69) is 5.32 Å². The maximum atomic E-state index is 12.3. The Morgan fingerprint density at radius 1 is 1.08 bits per heavy atom. The number of carbonyl (C=O) groups is 4. The second kappa shape index (κ2) is 7.04. The van der Waals surface area contributed by atoms with Gasteiger partial charge in [-0.2, -0.15) is 0 Å². The fourth-order valence-corrected chi connectivity index (χ4v) is 3.18. The van der Waals surface area contributed by atoms with Gasteiger partial charge in [-0.05, 0) is 29.6 Å². The van der Waals surface area contributed by atoms with E-state index >= 15 is 0 Å². The molecular weight excluding hydrogens is 366 g/mol. The number of hydrogen-bond acceptors (Lipinski definition) is 5. The van der Waals surface area contributed by atoms with Gasteiger partial charge in [-0.25, -0.2) is 9.69 Å². The second-order valence-electron chi connectivity index (χ2n) is 5.20. The smallest absolute Gasteiger partial charge is 0.324 e. The molecule has 2 heterocycles. The van der Waals surface area contributed by atoms with E-state index in [1.165, 1.54) is 17.4 Å². The van der Waals surface area contributed by atoms with Crippen LogP contribution in [0.25, 0.3) is 0 Å². The first kappa shape index (κ1) is 17.1. The van der Waals surface area contributed by atoms with Crippen LogP contribution in [0.15, 0.2) is 41.8 Å². The summed E-state index contributed by atoms with van der Waals surface area (Å²) < 4.78 is 0. The number of rotatable bonds is 5. The minimum Gasteiger partial charge on any atom is -0.324 e. The van der Waals surface area contributed by atoms with Crippen molar-refractivity contribution in [3.63, 3.8) is 0 Å². The fourth-order valence-electron chi connectivity index (χ4n) is 2.30. The lowest BCUT2D eigenvalue weighted by Gasteiger charge is -2.14. The van der Waals surface area contributed by atoms with Crippen LogP contribution in [-0.4, -0.2) is 40.1 Å². The molecule has 0 atom stereocenters. The van der Waals surface area contributed by atoms with Crippen molar-refractivity contribution >= 4 is 52.4 Å². The molecule has 5 amide bonds. The van der Waals surface area contributed by atoms with Gasteiger partial charge < -0.3 is 5.32 Å². The van der Waals surface area contributed by atoms with Gasteiger partial charge >= 0.3 is 17.8 Å². The van der Waals surface area contributed by atoms with Crippen molar-refractivity contribution in [1.29, 1.82) is 0 Å². The molecule has 0 saturated carbocycles. The van der Waals surface area contributed by atoms with Crippen LogP contribution in [0.5, 0.6) is 0 Å². The van der Waals surface area contributed by atoms with Gasteiger partial charge in [0.1, 0.15) is 6.54 Å². The van der Waals surface area contributed by atoms with Gasteiger partial charge in [0.25, 0.3) is 0 Å². The first-order valence-corrected chi connectivity index (χ1v) is 8.46. The molecule has 0 spiro atoms. The molecule has 0 unspecified atom stereocenters. The highest BCUT2D eigenvalue weighted by molar-refractivity contribution is 7.09. The predicted octanol–water partition coefficient (Wildman–Crippen LogP) is 2.33. The van der Waals surface area contributed by atoms with Crippen molar-refractivity contribution in [3.8, 4) is 0 Å². The maximum absolute atomic E-state index is 12.3. The van der Waals surface area contributed by atoms with Crippen LogP contribution in [0.4, 0.5) is 10.5 Å². The standard InChI is InChI=1S/C16H12ClN3O4S/c17-10-3-1-4-11(7-10)18-13(21)9-20-15(23)14(22)19(16(20)24)8-12-5-2-6-25-12/h1-7H,8-9H2,(H,18,21). The van der Waals surface area contributed by atoms with Crippen molar-refractivity contribution < 1.29 is 19.2 Å². The molecule has 2 aromatic rings. The summed E-state index contributed by atoms with van der Waals surface area (Å²) in [6.07, 6.45) is 0. The zero-order valence-electron chi connectivity index (χ0n) is 12.8. The van der Waals surface area contributed by atoms with E-state index in [-0.39, 0.29) is 6.54 Å². The molecule has 0 bridgehead atoms. The van der Waals surface area contributed by atoms with Crippen LogP contribution in [0.1, 0.15) is 4.88 Å². The first-order chi connectivity index (χ1) is 12.0. The Bertz CT molecular complexity index is 853. The molecule has 1 N–H and O–H groups in total. The monoisotopic (exact) mass is 377 g/mol. The normalized spacial score (nSPS) is 14.4. The van der Waals surface area contributed by atoms with Crippen molar-refractivity contribution in [3.05, 3.63) is 51.7 Å². The molecule has 1 aliphatic heterocycles. The lowest BCUT2D eigenvalue weighted by Crippen LogP contribution is -2.38. The summed E-state index contributed by atoms with van der Waals surface area (Å²) in [7, 11) is 0. The minimum atomic E-state index is -1.01. The number of thiophene rings is 1. The van der Waals surface area contributed by atoms with E-state index in [9.17, 15) is 19.2 Å². The highest BCUT2D eigenvalue weighted by Crippen LogP contribution is 2.19. The van der Waals surface area contributed by atoms with E-state index in [0.717, 1.165) is 9.78 Å². The number of halogens is 1. The van der Waals surface area contributed by atoms with Crippen molar-refractivity contribution in [2.24, 2.45) is 0 Å². The molecule has 1 saturated heterocycles. The molecular formula is C16H12ClN3O4S. The van der Waals surface area contributed by atoms with Crippen LogP contribution in [-0.2, 0) is 20.9 Å². The lowest BCUT2D eigenvalue weighted by atomic mass is 10.3. The van der Waals surface area contributed by atoms with E-state index in [4.69, 9.17) is 11.6 Å². The van der Waals surface area contributed by atoms with Crippen molar-refractivity contribution in [2.75, 3.05) is 11.9 Å². The van der Waals surface area contributed by atoms with Gasteiger partial charge in [-0.3, -0.25) is 19.3 Å². The van der Waals surface area contributed by atoms with Crippen molar-refractivity contribution in [1.82, 2.24) is 9.80 Å². The Balaban J connectivity index is 1.67. The zero-order chi connectivity index (χ0) is 18.0. The molecule has 1 aromatic heterocycles. The Morgan fingerprint density at radius 2 is 1.84 bits per heavy atom. The summed E-state index contributed by atoms with van der Waals surface area (Å²) in [4.78, 5) is 50.6. The number of nitrogens with one attached hydrogen (secondary N) is 1. The Kier molecular flexibility index (Phi) is 4.82. The van der Waals surface area contributed by atoms with Crippen LogP contribution < -0.4 is 5.32 Å². The number of urea groups is 1. The number of amides is 5. The number of imide groups is 2. The third-order valence-electron chi connectivity index (χ3n) is 3.44. The van der Waals surface area contributed by atoms with Crippen LogP contribution in [0, 0.1) is 0 Å². The molecule has 0 radical (unpaired) electrons. The Labute approximate surface area is 151 Å². The largest absolute Gasteiger partial charge is 0.335 e. The van der Waals surface area contributed by atoms with Crippen LogP contribution >= 0.6 is 22.9 Å². The molecule has 1 fully saturated rings. The molecule has 1 aliphatic rings. The summed E-state index contributed by atoms with van der Waals surface area (Å²) in [5, 5.41) is 4.77. The summed E-state index contributed by atoms with van der Waals surface area (Å²) in [6.45, 7) is -0.537. The molecule has 3 rings (SSSR count). The molecule has 9 heteroatoms. The molecule has 7 nitrogen and oxygen atoms in total. The molecule has 0 aliphatic carbocycles. The third kappa shape index (κ3) is 3.70. The zero-order valence-corrected chi connectivity index (χ0v) is 14.3. The quantitative estimate of drug-likeness (QED) is 0.640. The fraction of sp³-hybridized carbons (Fsp3) is 0.125. The van der Waals surface area contributed by atoms with E-state index < -0.39 is 30.3 Å². The first-order valence-electron chi connectivity index (χ1n) is 7.21. The predicted molar refractivity (Wildman–Crippen MR) is 92.1 cm³/mol. The van der Waals surface area contributed by atoms with E-state index in [1.807, 2.05) is 0 Å². The SMILES string of the molecule is O=C(CN1C(=O)C(=O)N(Cc2cccs2)C1=O)Nc1cccc(Cl)c1. The van der Waals surface area contributed by atoms with Gasteiger partial charge in [0, 0.05) is 15.6 Å². The molecule has 25 heavy (non-hydrogen) atoms. The number of nitrogens with zero attached hydrogens (tertiary/aromatic N) is 2. The number of anilines is 1. The van der Waals surface area contributed by atoms with Crippen LogP contribution in [0.3, 0.4) is 0 Å². The van der Waals surface area contributed by atoms with Gasteiger partial charge in [-0.1, -0.05) is 23.7 Å². The van der Waals surface area contributed by atoms with Gasteiger partial charge in [0.05, 0.1) is 6.54 Å². The van der Waals surface area contributed by atoms with Gasteiger partial charge in [-0.15, -0.1) is 11.3 Å². The van der Waals surface area contributed by atoms with Gasteiger partial charge in [0.2, 0.25) is 5.91 Å². The highest BCUT2D eigenvalue weighted by Gasteiger charge is 2.45. The van der Waals surface area contributed by atoms with Crippen molar-refractivity contribution in [2.45, 2.75) is 6.54 Å². The summed E-state index contributed by atoms with van der Waals surface area (Å²) >= 11 is 7.20. The highest BCUT2D eigenvalue weighted by atomic mass is 35.5. The average Bonchev–Trinajstić information content (AvgIpc) is 3.14. The third-order valence-corrected chi connectivity index (χ3v) is 4.54. The summed E-state index contributed by atoms with van der Waals surface area (Å²) in [6, 6.07) is 9.17. The Morgan fingerprint density at radius 3 is 2.52 bits per heavy atom. The second-order valence-corrected chi connectivity index (χ2v) is 6.67. The lowest BCUT2D eigenvalue weighted by molar-refractivity contribution is -0.143. The minimum absolute atomic E-state index is 0.00743. The number of benzene rings is 1. The van der Waals surface area contributed by atoms with E-state index in [0.29, 0.717) is 15.6 Å². The van der Waals surface area contributed by atoms with E-state index in [1.54, 1.807) is 35.7 Å². The maximum Gasteiger partial charge on any atom is 0.335 e. The summed E-state index contributed by atoms with van der Waals surface area (Å²) in [5.41, 5.74) is 0.429.